The Balaban J connectivity index is 1.30. The molecule has 1 heterocycles. The minimum atomic E-state index is -3.77. The maximum atomic E-state index is 12.7. The summed E-state index contributed by atoms with van der Waals surface area (Å²) in [4.78, 5) is 15.1. The second-order valence-corrected chi connectivity index (χ2v) is 10.8. The minimum absolute atomic E-state index is 0.0509. The highest BCUT2D eigenvalue weighted by Gasteiger charge is 2.25. The number of anilines is 2. The van der Waals surface area contributed by atoms with Crippen molar-refractivity contribution in [3.63, 3.8) is 0 Å². The van der Waals surface area contributed by atoms with Crippen LogP contribution in [0.2, 0.25) is 10.0 Å². The fourth-order valence-corrected chi connectivity index (χ4v) is 5.38. The molecule has 34 heavy (non-hydrogen) atoms. The second kappa shape index (κ2) is 10.8. The van der Waals surface area contributed by atoms with Crippen molar-refractivity contribution in [2.24, 2.45) is 5.92 Å². The van der Waals surface area contributed by atoms with E-state index in [2.05, 4.69) is 14.9 Å². The monoisotopic (exact) mass is 517 g/mol. The number of halogens is 2. The Kier molecular flexibility index (Phi) is 7.78. The molecule has 0 aliphatic carbocycles. The number of nitrogens with zero attached hydrogens (tertiary/aromatic N) is 1. The van der Waals surface area contributed by atoms with E-state index in [0.717, 1.165) is 43.1 Å². The number of hydrogen-bond donors (Lipinski definition) is 2. The van der Waals surface area contributed by atoms with E-state index < -0.39 is 10.0 Å². The first-order valence-electron chi connectivity index (χ1n) is 11.0. The summed E-state index contributed by atoms with van der Waals surface area (Å²) in [5.74, 6) is -0.138. The Labute approximate surface area is 209 Å². The van der Waals surface area contributed by atoms with E-state index in [9.17, 15) is 13.2 Å². The van der Waals surface area contributed by atoms with Crippen LogP contribution in [0, 0.1) is 5.92 Å². The second-order valence-electron chi connectivity index (χ2n) is 8.27. The third kappa shape index (κ3) is 6.30. The van der Waals surface area contributed by atoms with Gasteiger partial charge >= 0.3 is 0 Å². The number of likely N-dealkylation sites (tertiary alicyclic amines) is 1. The standard InChI is InChI=1S/C25H25Cl2N3O3S/c26-20-5-3-6-22(16-20)29-34(32,33)23-10-8-21(9-11-23)28-25(31)18-12-14-30(15-13-18)17-19-4-1-2-7-24(19)27/h1-11,16,18,29H,12-15,17H2,(H,28,31). The van der Waals surface area contributed by atoms with E-state index in [0.29, 0.717) is 16.4 Å². The van der Waals surface area contributed by atoms with E-state index in [1.165, 1.54) is 18.2 Å². The van der Waals surface area contributed by atoms with Crippen LogP contribution in [0.5, 0.6) is 0 Å². The topological polar surface area (TPSA) is 78.5 Å². The van der Waals surface area contributed by atoms with Crippen LogP contribution in [0.3, 0.4) is 0 Å². The van der Waals surface area contributed by atoms with Crippen molar-refractivity contribution < 1.29 is 13.2 Å². The van der Waals surface area contributed by atoms with Crippen LogP contribution < -0.4 is 10.0 Å². The summed E-state index contributed by atoms with van der Waals surface area (Å²) in [5, 5.41) is 4.11. The van der Waals surface area contributed by atoms with Crippen molar-refractivity contribution in [1.82, 2.24) is 4.90 Å². The number of hydrogen-bond acceptors (Lipinski definition) is 4. The average molecular weight is 518 g/mol. The van der Waals surface area contributed by atoms with Gasteiger partial charge in [-0.25, -0.2) is 8.42 Å². The summed E-state index contributed by atoms with van der Waals surface area (Å²) in [7, 11) is -3.77. The van der Waals surface area contributed by atoms with Crippen LogP contribution in [0.25, 0.3) is 0 Å². The Morgan fingerprint density at radius 1 is 0.912 bits per heavy atom. The lowest BCUT2D eigenvalue weighted by atomic mass is 9.95. The molecule has 178 valence electrons. The Hall–Kier alpha value is -2.58. The van der Waals surface area contributed by atoms with Gasteiger partial charge in [0.15, 0.2) is 0 Å². The molecule has 1 aliphatic heterocycles. The van der Waals surface area contributed by atoms with Gasteiger partial charge in [-0.3, -0.25) is 14.4 Å². The zero-order valence-corrected chi connectivity index (χ0v) is 20.7. The van der Waals surface area contributed by atoms with Crippen LogP contribution in [0.4, 0.5) is 11.4 Å². The van der Waals surface area contributed by atoms with Gasteiger partial charge in [-0.05, 0) is 80.0 Å². The van der Waals surface area contributed by atoms with Crippen molar-refractivity contribution >= 4 is 50.5 Å². The van der Waals surface area contributed by atoms with E-state index in [1.54, 1.807) is 30.3 Å². The lowest BCUT2D eigenvalue weighted by molar-refractivity contribution is -0.121. The zero-order chi connectivity index (χ0) is 24.1. The Morgan fingerprint density at radius 3 is 2.29 bits per heavy atom. The molecule has 1 aliphatic rings. The van der Waals surface area contributed by atoms with Gasteiger partial charge in [-0.1, -0.05) is 47.5 Å². The maximum Gasteiger partial charge on any atom is 0.261 e. The maximum absolute atomic E-state index is 12.7. The highest BCUT2D eigenvalue weighted by atomic mass is 35.5. The molecule has 0 spiro atoms. The smallest absolute Gasteiger partial charge is 0.261 e. The molecule has 1 amide bonds. The van der Waals surface area contributed by atoms with Crippen molar-refractivity contribution in [3.05, 3.63) is 88.4 Å². The van der Waals surface area contributed by atoms with E-state index in [4.69, 9.17) is 23.2 Å². The van der Waals surface area contributed by atoms with Gasteiger partial charge in [-0.15, -0.1) is 0 Å². The van der Waals surface area contributed by atoms with Crippen molar-refractivity contribution in [2.45, 2.75) is 24.3 Å². The predicted octanol–water partition coefficient (Wildman–Crippen LogP) is 5.64. The summed E-state index contributed by atoms with van der Waals surface area (Å²) in [6, 6.07) is 20.4. The van der Waals surface area contributed by atoms with Gasteiger partial charge in [0.05, 0.1) is 10.6 Å². The lowest BCUT2D eigenvalue weighted by Gasteiger charge is -2.31. The zero-order valence-electron chi connectivity index (χ0n) is 18.4. The molecule has 0 aromatic heterocycles. The molecule has 2 N–H and O–H groups in total. The largest absolute Gasteiger partial charge is 0.326 e. The lowest BCUT2D eigenvalue weighted by Crippen LogP contribution is -2.37. The summed E-state index contributed by atoms with van der Waals surface area (Å²) in [6.07, 6.45) is 1.51. The van der Waals surface area contributed by atoms with Crippen molar-refractivity contribution in [1.29, 1.82) is 0 Å². The number of nitrogens with one attached hydrogen (secondary N) is 2. The number of carbonyl (C=O) groups excluding carboxylic acids is 1. The fourth-order valence-electron chi connectivity index (χ4n) is 3.95. The first kappa shape index (κ1) is 24.5. The first-order chi connectivity index (χ1) is 16.3. The van der Waals surface area contributed by atoms with Gasteiger partial charge in [0.1, 0.15) is 0 Å². The van der Waals surface area contributed by atoms with Crippen molar-refractivity contribution in [2.75, 3.05) is 23.1 Å². The predicted molar refractivity (Wildman–Crippen MR) is 137 cm³/mol. The minimum Gasteiger partial charge on any atom is -0.326 e. The van der Waals surface area contributed by atoms with Gasteiger partial charge in [0.2, 0.25) is 5.91 Å². The molecular weight excluding hydrogens is 493 g/mol. The normalized spacial score (nSPS) is 15.1. The van der Waals surface area contributed by atoms with E-state index in [-0.39, 0.29) is 16.7 Å². The molecule has 9 heteroatoms. The Bertz CT molecular complexity index is 1260. The highest BCUT2D eigenvalue weighted by Crippen LogP contribution is 2.24. The van der Waals surface area contributed by atoms with E-state index in [1.807, 2.05) is 24.3 Å². The molecule has 6 nitrogen and oxygen atoms in total. The van der Waals surface area contributed by atoms with E-state index >= 15 is 0 Å². The SMILES string of the molecule is O=C(Nc1ccc(S(=O)(=O)Nc2cccc(Cl)c2)cc1)C1CCN(Cc2ccccc2Cl)CC1. The summed E-state index contributed by atoms with van der Waals surface area (Å²) < 4.78 is 27.7. The molecule has 0 bridgehead atoms. The molecule has 0 saturated carbocycles. The molecule has 0 atom stereocenters. The molecule has 3 aromatic rings. The molecule has 0 unspecified atom stereocenters. The van der Waals surface area contributed by atoms with Gasteiger partial charge in [0.25, 0.3) is 10.0 Å². The number of rotatable bonds is 7. The van der Waals surface area contributed by atoms with Crippen LogP contribution in [-0.4, -0.2) is 32.3 Å². The molecule has 3 aromatic carbocycles. The number of benzene rings is 3. The third-order valence-electron chi connectivity index (χ3n) is 5.82. The summed E-state index contributed by atoms with van der Waals surface area (Å²) in [5.41, 5.74) is 2.03. The quantitative estimate of drug-likeness (QED) is 0.424. The summed E-state index contributed by atoms with van der Waals surface area (Å²) >= 11 is 12.2. The van der Waals surface area contributed by atoms with Crippen LogP contribution >= 0.6 is 23.2 Å². The molecule has 4 rings (SSSR count). The summed E-state index contributed by atoms with van der Waals surface area (Å²) in [6.45, 7) is 2.40. The number of carbonyl (C=O) groups is 1. The fraction of sp³-hybridized carbons (Fsp3) is 0.240. The third-order valence-corrected chi connectivity index (χ3v) is 7.82. The molecule has 1 saturated heterocycles. The Morgan fingerprint density at radius 2 is 1.62 bits per heavy atom. The highest BCUT2D eigenvalue weighted by molar-refractivity contribution is 7.92. The number of sulfonamides is 1. The van der Waals surface area contributed by atoms with Crippen LogP contribution in [0.15, 0.2) is 77.7 Å². The van der Waals surface area contributed by atoms with Gasteiger partial charge in [0, 0.05) is 28.2 Å². The molecule has 1 fully saturated rings. The number of piperidine rings is 1. The van der Waals surface area contributed by atoms with Crippen LogP contribution in [-0.2, 0) is 21.4 Å². The average Bonchev–Trinajstić information content (AvgIpc) is 2.81. The van der Waals surface area contributed by atoms with Crippen molar-refractivity contribution in [3.8, 4) is 0 Å². The molecular formula is C25H25Cl2N3O3S. The first-order valence-corrected chi connectivity index (χ1v) is 13.2. The van der Waals surface area contributed by atoms with Gasteiger partial charge < -0.3 is 5.32 Å². The number of amides is 1. The van der Waals surface area contributed by atoms with Crippen LogP contribution in [0.1, 0.15) is 18.4 Å². The molecule has 0 radical (unpaired) electrons. The van der Waals surface area contributed by atoms with Gasteiger partial charge in [-0.2, -0.15) is 0 Å².